The van der Waals surface area contributed by atoms with Crippen molar-refractivity contribution in [3.63, 3.8) is 0 Å². The molecule has 2 aliphatic rings. The highest BCUT2D eigenvalue weighted by molar-refractivity contribution is 6.06. The number of aryl methyl sites for hydroxylation is 1. The average Bonchev–Trinajstić information content (AvgIpc) is 3.49. The van der Waals surface area contributed by atoms with E-state index >= 15 is 4.39 Å². The number of morpholine rings is 1. The fourth-order valence-corrected chi connectivity index (χ4v) is 5.14. The molecule has 1 amide bonds. The molecule has 37 heavy (non-hydrogen) atoms. The minimum absolute atomic E-state index is 0.0282. The van der Waals surface area contributed by atoms with Gasteiger partial charge in [0, 0.05) is 55.4 Å². The highest BCUT2D eigenvalue weighted by Crippen LogP contribution is 2.41. The first-order valence-corrected chi connectivity index (χ1v) is 12.1. The van der Waals surface area contributed by atoms with E-state index in [-0.39, 0.29) is 28.9 Å². The topological polar surface area (TPSA) is 71.8 Å². The minimum atomic E-state index is -3.07. The van der Waals surface area contributed by atoms with Crippen LogP contribution in [0, 0.1) is 12.7 Å². The summed E-state index contributed by atoms with van der Waals surface area (Å²) in [6.07, 6.45) is 6.32. The van der Waals surface area contributed by atoms with Crippen molar-refractivity contribution in [1.82, 2.24) is 14.4 Å². The number of imidazole rings is 1. The molecule has 1 N–H and O–H groups in total. The third-order valence-electron chi connectivity index (χ3n) is 7.03. The number of hydrogen-bond acceptors (Lipinski definition) is 5. The zero-order chi connectivity index (χ0) is 25.7. The molecule has 0 bridgehead atoms. The Kier molecular flexibility index (Phi) is 5.63. The first-order chi connectivity index (χ1) is 17.8. The fourth-order valence-electron chi connectivity index (χ4n) is 5.14. The number of alkyl halides is 2. The second kappa shape index (κ2) is 8.88. The molecular weight excluding hydrogens is 483 g/mol. The zero-order valence-electron chi connectivity index (χ0n) is 20.1. The molecule has 190 valence electrons. The van der Waals surface area contributed by atoms with E-state index < -0.39 is 24.1 Å². The Labute approximate surface area is 210 Å². The molecule has 1 aliphatic carbocycles. The fraction of sp³-hybridized carbons (Fsp3) is 0.296. The van der Waals surface area contributed by atoms with Crippen molar-refractivity contribution in [2.24, 2.45) is 0 Å². The Morgan fingerprint density at radius 3 is 2.76 bits per heavy atom. The lowest BCUT2D eigenvalue weighted by molar-refractivity contribution is -0.00593. The molecular formula is C27H24F3N5O2. The molecule has 1 aromatic carbocycles. The summed E-state index contributed by atoms with van der Waals surface area (Å²) in [6.45, 7) is 4.49. The van der Waals surface area contributed by atoms with E-state index in [1.165, 1.54) is 18.3 Å². The molecule has 0 unspecified atom stereocenters. The SMILES string of the molecule is Cc1cc(F)c(NC(=O)c2ccnc3c2CCC3(F)F)cc1-c1cc(N2CCOCC2)c2nccn2c1. The number of aromatic nitrogens is 3. The van der Waals surface area contributed by atoms with Crippen molar-refractivity contribution in [1.29, 1.82) is 0 Å². The standard InChI is InChI=1S/C27H24F3N5O2/c1-16-12-21(28)22(33-26(36)19-3-5-31-24-18(19)2-4-27(24,29)30)14-20(16)17-13-23(34-8-10-37-11-9-34)25-32-6-7-35(25)15-17/h3,5-7,12-15H,2,4,8-11H2,1H3,(H,33,36). The summed E-state index contributed by atoms with van der Waals surface area (Å²) in [6, 6.07) is 6.35. The van der Waals surface area contributed by atoms with E-state index in [2.05, 4.69) is 20.2 Å². The van der Waals surface area contributed by atoms with E-state index in [1.807, 2.05) is 22.9 Å². The molecule has 4 aromatic rings. The number of halogens is 3. The van der Waals surface area contributed by atoms with Gasteiger partial charge in [-0.25, -0.2) is 9.37 Å². The highest BCUT2D eigenvalue weighted by Gasteiger charge is 2.42. The number of nitrogens with zero attached hydrogens (tertiary/aromatic N) is 4. The maximum Gasteiger partial charge on any atom is 0.290 e. The van der Waals surface area contributed by atoms with Crippen molar-refractivity contribution < 1.29 is 22.7 Å². The third kappa shape index (κ3) is 4.11. The van der Waals surface area contributed by atoms with Crippen LogP contribution in [0.5, 0.6) is 0 Å². The Morgan fingerprint density at radius 1 is 1.14 bits per heavy atom. The number of pyridine rings is 2. The van der Waals surface area contributed by atoms with Gasteiger partial charge in [0.25, 0.3) is 11.8 Å². The maximum absolute atomic E-state index is 15.0. The summed E-state index contributed by atoms with van der Waals surface area (Å²) in [7, 11) is 0. The zero-order valence-corrected chi connectivity index (χ0v) is 20.1. The van der Waals surface area contributed by atoms with Crippen LogP contribution >= 0.6 is 0 Å². The van der Waals surface area contributed by atoms with E-state index in [0.29, 0.717) is 18.8 Å². The second-order valence-electron chi connectivity index (χ2n) is 9.36. The molecule has 0 atom stereocenters. The molecule has 1 saturated heterocycles. The monoisotopic (exact) mass is 507 g/mol. The number of ether oxygens (including phenoxy) is 1. The molecule has 10 heteroatoms. The molecule has 1 fully saturated rings. The van der Waals surface area contributed by atoms with E-state index in [0.717, 1.165) is 35.6 Å². The van der Waals surface area contributed by atoms with Gasteiger partial charge in [-0.3, -0.25) is 9.78 Å². The molecule has 3 aromatic heterocycles. The lowest BCUT2D eigenvalue weighted by atomic mass is 10.00. The molecule has 0 spiro atoms. The Balaban J connectivity index is 1.38. The lowest BCUT2D eigenvalue weighted by Gasteiger charge is -2.29. The van der Waals surface area contributed by atoms with Gasteiger partial charge in [0.2, 0.25) is 0 Å². The molecule has 1 aliphatic heterocycles. The predicted octanol–water partition coefficient (Wildman–Crippen LogP) is 4.97. The summed E-state index contributed by atoms with van der Waals surface area (Å²) >= 11 is 0. The molecule has 0 saturated carbocycles. The average molecular weight is 508 g/mol. The summed E-state index contributed by atoms with van der Waals surface area (Å²) in [4.78, 5) is 23.6. The van der Waals surface area contributed by atoms with Crippen molar-refractivity contribution in [2.75, 3.05) is 36.5 Å². The number of rotatable bonds is 4. The van der Waals surface area contributed by atoms with Gasteiger partial charge in [-0.2, -0.15) is 8.78 Å². The molecule has 6 rings (SSSR count). The minimum Gasteiger partial charge on any atom is -0.378 e. The third-order valence-corrected chi connectivity index (χ3v) is 7.03. The summed E-state index contributed by atoms with van der Waals surface area (Å²) in [5.74, 6) is -4.33. The Morgan fingerprint density at radius 2 is 1.95 bits per heavy atom. The number of anilines is 2. The smallest absolute Gasteiger partial charge is 0.290 e. The van der Waals surface area contributed by atoms with Crippen molar-refractivity contribution >= 4 is 22.9 Å². The van der Waals surface area contributed by atoms with Crippen LogP contribution < -0.4 is 10.2 Å². The second-order valence-corrected chi connectivity index (χ2v) is 9.36. The number of nitrogens with one attached hydrogen (secondary N) is 1. The molecule has 4 heterocycles. The number of carbonyl (C=O) groups is 1. The van der Waals surface area contributed by atoms with Crippen molar-refractivity contribution in [2.45, 2.75) is 25.7 Å². The van der Waals surface area contributed by atoms with Crippen molar-refractivity contribution in [3.8, 4) is 11.1 Å². The number of fused-ring (bicyclic) bond motifs is 2. The number of amides is 1. The first-order valence-electron chi connectivity index (χ1n) is 12.1. The first kappa shape index (κ1) is 23.5. The Hall–Kier alpha value is -3.92. The van der Waals surface area contributed by atoms with Crippen LogP contribution in [-0.4, -0.2) is 46.6 Å². The summed E-state index contributed by atoms with van der Waals surface area (Å²) < 4.78 is 50.7. The summed E-state index contributed by atoms with van der Waals surface area (Å²) in [5.41, 5.74) is 3.87. The number of carbonyl (C=O) groups excluding carboxylic acids is 1. The summed E-state index contributed by atoms with van der Waals surface area (Å²) in [5, 5.41) is 2.60. The molecule has 7 nitrogen and oxygen atoms in total. The van der Waals surface area contributed by atoms with E-state index in [1.54, 1.807) is 19.2 Å². The van der Waals surface area contributed by atoms with Crippen molar-refractivity contribution in [3.05, 3.63) is 77.3 Å². The van der Waals surface area contributed by atoms with Gasteiger partial charge in [-0.1, -0.05) is 0 Å². The lowest BCUT2D eigenvalue weighted by Crippen LogP contribution is -2.36. The van der Waals surface area contributed by atoms with Crippen LogP contribution in [-0.2, 0) is 17.1 Å². The largest absolute Gasteiger partial charge is 0.378 e. The molecule has 0 radical (unpaired) electrons. The van der Waals surface area contributed by atoms with Crippen LogP contribution in [0.25, 0.3) is 16.8 Å². The maximum atomic E-state index is 15.0. The van der Waals surface area contributed by atoms with Gasteiger partial charge >= 0.3 is 0 Å². The normalized spacial score (nSPS) is 16.7. The van der Waals surface area contributed by atoms with Gasteiger partial charge in [-0.15, -0.1) is 0 Å². The van der Waals surface area contributed by atoms with Crippen LogP contribution in [0.3, 0.4) is 0 Å². The van der Waals surface area contributed by atoms with Gasteiger partial charge in [0.1, 0.15) is 11.5 Å². The predicted molar refractivity (Wildman–Crippen MR) is 133 cm³/mol. The van der Waals surface area contributed by atoms with Crippen LogP contribution in [0.2, 0.25) is 0 Å². The number of benzene rings is 1. The van der Waals surface area contributed by atoms with Crippen LogP contribution in [0.4, 0.5) is 24.5 Å². The van der Waals surface area contributed by atoms with E-state index in [9.17, 15) is 13.6 Å². The van der Waals surface area contributed by atoms with Crippen LogP contribution in [0.15, 0.2) is 49.1 Å². The Bertz CT molecular complexity index is 1530. The van der Waals surface area contributed by atoms with E-state index in [4.69, 9.17) is 4.74 Å². The van der Waals surface area contributed by atoms with Gasteiger partial charge in [0.15, 0.2) is 5.65 Å². The number of hydrogen-bond donors (Lipinski definition) is 1. The quantitative estimate of drug-likeness (QED) is 0.422. The highest BCUT2D eigenvalue weighted by atomic mass is 19.3. The van der Waals surface area contributed by atoms with Gasteiger partial charge in [-0.05, 0) is 54.3 Å². The van der Waals surface area contributed by atoms with Gasteiger partial charge < -0.3 is 19.4 Å². The van der Waals surface area contributed by atoms with Crippen LogP contribution in [0.1, 0.15) is 33.6 Å². The van der Waals surface area contributed by atoms with Gasteiger partial charge in [0.05, 0.1) is 24.6 Å².